The topological polar surface area (TPSA) is 61.0 Å². The molecule has 2 aliphatic rings. The number of morpholine rings is 2. The molecule has 1 aromatic carbocycles. The molecule has 2 saturated heterocycles. The predicted octanol–water partition coefficient (Wildman–Crippen LogP) is 0.421. The Hall–Kier alpha value is -1.34. The minimum absolute atomic E-state index is 0.0904. The van der Waals surface area contributed by atoms with E-state index < -0.39 is 0 Å². The SMILES string of the molecule is c1ccc(OC[C@@H]2CNCCO2)c(OC[C@@H]2CNCCO2)c1. The molecule has 2 fully saturated rings. The zero-order valence-electron chi connectivity index (χ0n) is 12.8. The lowest BCUT2D eigenvalue weighted by Crippen LogP contribution is -2.42. The van der Waals surface area contributed by atoms with Gasteiger partial charge in [0, 0.05) is 26.2 Å². The van der Waals surface area contributed by atoms with Gasteiger partial charge in [0.25, 0.3) is 0 Å². The van der Waals surface area contributed by atoms with Gasteiger partial charge in [-0.15, -0.1) is 0 Å². The van der Waals surface area contributed by atoms with Crippen LogP contribution in [0.4, 0.5) is 0 Å². The van der Waals surface area contributed by atoms with Gasteiger partial charge in [0.05, 0.1) is 13.2 Å². The van der Waals surface area contributed by atoms with Crippen molar-refractivity contribution in [2.75, 3.05) is 52.6 Å². The normalized spacial score (nSPS) is 25.6. The Morgan fingerprint density at radius 2 is 1.36 bits per heavy atom. The molecule has 0 aromatic heterocycles. The van der Waals surface area contributed by atoms with Gasteiger partial charge in [-0.1, -0.05) is 12.1 Å². The Morgan fingerprint density at radius 1 is 0.864 bits per heavy atom. The number of ether oxygens (including phenoxy) is 4. The van der Waals surface area contributed by atoms with Crippen LogP contribution in [-0.4, -0.2) is 64.8 Å². The lowest BCUT2D eigenvalue weighted by atomic mass is 10.3. The highest BCUT2D eigenvalue weighted by molar-refractivity contribution is 5.39. The van der Waals surface area contributed by atoms with Gasteiger partial charge in [-0.3, -0.25) is 0 Å². The van der Waals surface area contributed by atoms with E-state index in [0.29, 0.717) is 13.2 Å². The van der Waals surface area contributed by atoms with E-state index in [0.717, 1.165) is 50.9 Å². The van der Waals surface area contributed by atoms with Crippen molar-refractivity contribution in [3.63, 3.8) is 0 Å². The zero-order valence-corrected chi connectivity index (χ0v) is 12.8. The van der Waals surface area contributed by atoms with Crippen molar-refractivity contribution in [2.45, 2.75) is 12.2 Å². The van der Waals surface area contributed by atoms with Gasteiger partial charge in [-0.25, -0.2) is 0 Å². The molecule has 6 heteroatoms. The zero-order chi connectivity index (χ0) is 15.0. The van der Waals surface area contributed by atoms with Crippen LogP contribution in [0.1, 0.15) is 0 Å². The van der Waals surface area contributed by atoms with Gasteiger partial charge < -0.3 is 29.6 Å². The van der Waals surface area contributed by atoms with Crippen molar-refractivity contribution < 1.29 is 18.9 Å². The van der Waals surface area contributed by atoms with E-state index >= 15 is 0 Å². The first-order valence-corrected chi connectivity index (χ1v) is 7.91. The third kappa shape index (κ3) is 4.58. The average molecular weight is 308 g/mol. The Balaban J connectivity index is 1.50. The Kier molecular flexibility index (Phi) is 5.89. The van der Waals surface area contributed by atoms with E-state index in [2.05, 4.69) is 10.6 Å². The first kappa shape index (κ1) is 15.6. The quantitative estimate of drug-likeness (QED) is 0.794. The first-order valence-electron chi connectivity index (χ1n) is 7.91. The Morgan fingerprint density at radius 3 is 1.77 bits per heavy atom. The summed E-state index contributed by atoms with van der Waals surface area (Å²) in [5.41, 5.74) is 0. The van der Waals surface area contributed by atoms with Crippen molar-refractivity contribution >= 4 is 0 Å². The monoisotopic (exact) mass is 308 g/mol. The fraction of sp³-hybridized carbons (Fsp3) is 0.625. The maximum Gasteiger partial charge on any atom is 0.161 e. The summed E-state index contributed by atoms with van der Waals surface area (Å²) in [5.74, 6) is 1.50. The van der Waals surface area contributed by atoms with E-state index in [1.54, 1.807) is 0 Å². The number of nitrogens with one attached hydrogen (secondary N) is 2. The average Bonchev–Trinajstić information content (AvgIpc) is 2.61. The molecule has 2 aliphatic heterocycles. The van der Waals surface area contributed by atoms with Crippen LogP contribution in [0.5, 0.6) is 11.5 Å². The van der Waals surface area contributed by atoms with Crippen molar-refractivity contribution in [3.8, 4) is 11.5 Å². The van der Waals surface area contributed by atoms with Gasteiger partial charge in [-0.2, -0.15) is 0 Å². The van der Waals surface area contributed by atoms with Crippen molar-refractivity contribution in [1.29, 1.82) is 0 Å². The molecule has 0 spiro atoms. The molecule has 2 atom stereocenters. The second kappa shape index (κ2) is 8.33. The summed E-state index contributed by atoms with van der Waals surface area (Å²) in [7, 11) is 0. The summed E-state index contributed by atoms with van der Waals surface area (Å²) < 4.78 is 23.0. The van der Waals surface area contributed by atoms with E-state index in [4.69, 9.17) is 18.9 Å². The van der Waals surface area contributed by atoms with Crippen LogP contribution in [-0.2, 0) is 9.47 Å². The second-order valence-electron chi connectivity index (χ2n) is 5.46. The van der Waals surface area contributed by atoms with Crippen molar-refractivity contribution in [3.05, 3.63) is 24.3 Å². The smallest absolute Gasteiger partial charge is 0.161 e. The number of hydrogen-bond acceptors (Lipinski definition) is 6. The molecule has 2 heterocycles. The maximum atomic E-state index is 5.87. The molecule has 0 unspecified atom stereocenters. The van der Waals surface area contributed by atoms with Gasteiger partial charge in [0.1, 0.15) is 25.4 Å². The summed E-state index contributed by atoms with van der Waals surface area (Å²) in [6.45, 7) is 5.98. The lowest BCUT2D eigenvalue weighted by molar-refractivity contribution is -0.00564. The molecule has 0 amide bonds. The molecule has 3 rings (SSSR count). The fourth-order valence-electron chi connectivity index (χ4n) is 2.51. The minimum Gasteiger partial charge on any atom is -0.487 e. The van der Waals surface area contributed by atoms with Crippen LogP contribution >= 0.6 is 0 Å². The molecule has 0 radical (unpaired) electrons. The molecule has 0 bridgehead atoms. The van der Waals surface area contributed by atoms with Crippen LogP contribution < -0.4 is 20.1 Å². The number of rotatable bonds is 6. The summed E-state index contributed by atoms with van der Waals surface area (Å²) >= 11 is 0. The van der Waals surface area contributed by atoms with E-state index in [1.807, 2.05) is 24.3 Å². The Bertz CT molecular complexity index is 405. The highest BCUT2D eigenvalue weighted by Crippen LogP contribution is 2.27. The van der Waals surface area contributed by atoms with E-state index in [9.17, 15) is 0 Å². The molecule has 0 aliphatic carbocycles. The largest absolute Gasteiger partial charge is 0.487 e. The van der Waals surface area contributed by atoms with Crippen LogP contribution in [0, 0.1) is 0 Å². The number of hydrogen-bond donors (Lipinski definition) is 2. The third-order valence-corrected chi connectivity index (χ3v) is 3.71. The van der Waals surface area contributed by atoms with E-state index in [1.165, 1.54) is 0 Å². The van der Waals surface area contributed by atoms with E-state index in [-0.39, 0.29) is 12.2 Å². The Labute approximate surface area is 131 Å². The molecule has 6 nitrogen and oxygen atoms in total. The van der Waals surface area contributed by atoms with Gasteiger partial charge in [0.15, 0.2) is 11.5 Å². The molecule has 1 aromatic rings. The predicted molar refractivity (Wildman–Crippen MR) is 82.7 cm³/mol. The highest BCUT2D eigenvalue weighted by atomic mass is 16.6. The van der Waals surface area contributed by atoms with Gasteiger partial charge >= 0.3 is 0 Å². The van der Waals surface area contributed by atoms with Crippen molar-refractivity contribution in [1.82, 2.24) is 10.6 Å². The molecule has 0 saturated carbocycles. The fourth-order valence-corrected chi connectivity index (χ4v) is 2.51. The number of para-hydroxylation sites is 2. The minimum atomic E-state index is 0.0904. The van der Waals surface area contributed by atoms with Crippen LogP contribution in [0.3, 0.4) is 0 Å². The summed E-state index contributed by atoms with van der Waals surface area (Å²) in [6, 6.07) is 7.73. The van der Waals surface area contributed by atoms with Crippen LogP contribution in [0.25, 0.3) is 0 Å². The summed E-state index contributed by atoms with van der Waals surface area (Å²) in [6.07, 6.45) is 0.181. The lowest BCUT2D eigenvalue weighted by Gasteiger charge is -2.25. The highest BCUT2D eigenvalue weighted by Gasteiger charge is 2.17. The maximum absolute atomic E-state index is 5.87. The third-order valence-electron chi connectivity index (χ3n) is 3.71. The summed E-state index contributed by atoms with van der Waals surface area (Å²) in [4.78, 5) is 0. The van der Waals surface area contributed by atoms with Crippen molar-refractivity contribution in [2.24, 2.45) is 0 Å². The second-order valence-corrected chi connectivity index (χ2v) is 5.46. The van der Waals surface area contributed by atoms with Crippen LogP contribution in [0.15, 0.2) is 24.3 Å². The molecular formula is C16H24N2O4. The van der Waals surface area contributed by atoms with Gasteiger partial charge in [-0.05, 0) is 12.1 Å². The van der Waals surface area contributed by atoms with Gasteiger partial charge in [0.2, 0.25) is 0 Å². The first-order chi connectivity index (χ1) is 10.9. The molecular weight excluding hydrogens is 284 g/mol. The number of benzene rings is 1. The summed E-state index contributed by atoms with van der Waals surface area (Å²) in [5, 5.41) is 6.59. The molecule has 2 N–H and O–H groups in total. The molecule has 122 valence electrons. The van der Waals surface area contributed by atoms with Crippen LogP contribution in [0.2, 0.25) is 0 Å². The molecule has 22 heavy (non-hydrogen) atoms. The standard InChI is InChI=1S/C16H24N2O4/c1-2-4-16(22-12-14-10-18-6-8-20-14)15(3-1)21-11-13-9-17-5-7-19-13/h1-4,13-14,17-18H,5-12H2/t13-,14-/m0/s1.